The van der Waals surface area contributed by atoms with Crippen molar-refractivity contribution in [2.45, 2.75) is 25.8 Å². The van der Waals surface area contributed by atoms with Gasteiger partial charge in [0.15, 0.2) is 0 Å². The smallest absolute Gasteiger partial charge is 0.101 e. The van der Waals surface area contributed by atoms with Crippen LogP contribution in [0.5, 0.6) is 0 Å². The lowest BCUT2D eigenvalue weighted by molar-refractivity contribution is 0.278. The second-order valence-electron chi connectivity index (χ2n) is 3.56. The molecule has 1 aromatic rings. The van der Waals surface area contributed by atoms with Gasteiger partial charge < -0.3 is 10.4 Å². The van der Waals surface area contributed by atoms with Crippen LogP contribution in [0.15, 0.2) is 18.2 Å². The van der Waals surface area contributed by atoms with Crippen molar-refractivity contribution in [1.29, 1.82) is 5.26 Å². The number of nitrogens with zero attached hydrogens (tertiary/aromatic N) is 1. The quantitative estimate of drug-likeness (QED) is 0.830. The Morgan fingerprint density at radius 3 is 2.88 bits per heavy atom. The van der Waals surface area contributed by atoms with Gasteiger partial charge >= 0.3 is 0 Å². The lowest BCUT2D eigenvalue weighted by Gasteiger charge is -2.18. The van der Waals surface area contributed by atoms with E-state index in [9.17, 15) is 0 Å². The summed E-state index contributed by atoms with van der Waals surface area (Å²) < 4.78 is 0. The van der Waals surface area contributed by atoms with E-state index in [4.69, 9.17) is 22.0 Å². The molecule has 0 aliphatic rings. The van der Waals surface area contributed by atoms with Crippen molar-refractivity contribution in [1.82, 2.24) is 0 Å². The summed E-state index contributed by atoms with van der Waals surface area (Å²) in [5.74, 6) is 0. The van der Waals surface area contributed by atoms with Crippen LogP contribution in [0.25, 0.3) is 0 Å². The zero-order valence-electron chi connectivity index (χ0n) is 9.20. The largest absolute Gasteiger partial charge is 0.396 e. The molecule has 1 rings (SSSR count). The van der Waals surface area contributed by atoms with Gasteiger partial charge in [0.05, 0.1) is 11.3 Å². The summed E-state index contributed by atoms with van der Waals surface area (Å²) in [7, 11) is 0. The standard InChI is InChI=1S/C12H15ClN2O/c1-2-11(5-6-16)15-12-7-10(13)4-3-9(12)8-14/h3-4,7,11,15-16H,2,5-6H2,1H3. The summed E-state index contributed by atoms with van der Waals surface area (Å²) in [5.41, 5.74) is 1.30. The zero-order valence-corrected chi connectivity index (χ0v) is 9.96. The van der Waals surface area contributed by atoms with Crippen molar-refractivity contribution in [2.24, 2.45) is 0 Å². The summed E-state index contributed by atoms with van der Waals surface area (Å²) in [6.07, 6.45) is 1.55. The monoisotopic (exact) mass is 238 g/mol. The van der Waals surface area contributed by atoms with E-state index in [0.29, 0.717) is 17.0 Å². The molecule has 0 fully saturated rings. The topological polar surface area (TPSA) is 56.0 Å². The second-order valence-corrected chi connectivity index (χ2v) is 4.00. The molecule has 0 aromatic heterocycles. The number of hydrogen-bond donors (Lipinski definition) is 2. The molecule has 2 N–H and O–H groups in total. The first kappa shape index (κ1) is 12.8. The molecule has 16 heavy (non-hydrogen) atoms. The van der Waals surface area contributed by atoms with Gasteiger partial charge in [-0.3, -0.25) is 0 Å². The number of nitrogens with one attached hydrogen (secondary N) is 1. The Balaban J connectivity index is 2.86. The van der Waals surface area contributed by atoms with E-state index in [0.717, 1.165) is 12.1 Å². The third kappa shape index (κ3) is 3.41. The van der Waals surface area contributed by atoms with Gasteiger partial charge in [-0.1, -0.05) is 18.5 Å². The Morgan fingerprint density at radius 1 is 1.56 bits per heavy atom. The van der Waals surface area contributed by atoms with E-state index in [-0.39, 0.29) is 12.6 Å². The number of benzene rings is 1. The summed E-state index contributed by atoms with van der Waals surface area (Å²) >= 11 is 5.88. The molecular weight excluding hydrogens is 224 g/mol. The number of halogens is 1. The maximum Gasteiger partial charge on any atom is 0.101 e. The van der Waals surface area contributed by atoms with Crippen molar-refractivity contribution in [3.63, 3.8) is 0 Å². The molecule has 0 heterocycles. The SMILES string of the molecule is CCC(CCO)Nc1cc(Cl)ccc1C#N. The van der Waals surface area contributed by atoms with Crippen LogP contribution in [0.2, 0.25) is 5.02 Å². The Labute approximate surface area is 101 Å². The van der Waals surface area contributed by atoms with Gasteiger partial charge in [0, 0.05) is 17.7 Å². The van der Waals surface area contributed by atoms with Crippen LogP contribution in [-0.4, -0.2) is 17.8 Å². The Bertz CT molecular complexity index is 387. The maximum absolute atomic E-state index is 8.94. The molecule has 3 nitrogen and oxygen atoms in total. The van der Waals surface area contributed by atoms with Gasteiger partial charge in [0.1, 0.15) is 6.07 Å². The van der Waals surface area contributed by atoms with Crippen LogP contribution in [0.4, 0.5) is 5.69 Å². The van der Waals surface area contributed by atoms with Gasteiger partial charge in [-0.2, -0.15) is 5.26 Å². The first-order valence-corrected chi connectivity index (χ1v) is 5.66. The normalized spacial score (nSPS) is 11.9. The maximum atomic E-state index is 8.94. The highest BCUT2D eigenvalue weighted by Gasteiger charge is 2.09. The third-order valence-electron chi connectivity index (χ3n) is 2.43. The molecule has 0 aliphatic carbocycles. The van der Waals surface area contributed by atoms with Crippen LogP contribution >= 0.6 is 11.6 Å². The predicted octanol–water partition coefficient (Wildman–Crippen LogP) is 2.78. The van der Waals surface area contributed by atoms with Gasteiger partial charge in [-0.15, -0.1) is 0 Å². The first-order chi connectivity index (χ1) is 7.71. The second kappa shape index (κ2) is 6.37. The minimum atomic E-state index is 0.133. The van der Waals surface area contributed by atoms with E-state index < -0.39 is 0 Å². The fraction of sp³-hybridized carbons (Fsp3) is 0.417. The highest BCUT2D eigenvalue weighted by molar-refractivity contribution is 6.30. The van der Waals surface area contributed by atoms with Crippen molar-refractivity contribution < 1.29 is 5.11 Å². The average Bonchev–Trinajstić information content (AvgIpc) is 2.29. The highest BCUT2D eigenvalue weighted by Crippen LogP contribution is 2.22. The molecular formula is C12H15ClN2O. The summed E-state index contributed by atoms with van der Waals surface area (Å²) in [5, 5.41) is 21.7. The van der Waals surface area contributed by atoms with Crippen LogP contribution < -0.4 is 5.32 Å². The molecule has 1 atom stereocenters. The Kier molecular flexibility index (Phi) is 5.10. The summed E-state index contributed by atoms with van der Waals surface area (Å²) in [6, 6.07) is 7.39. The minimum absolute atomic E-state index is 0.133. The van der Waals surface area contributed by atoms with Crippen molar-refractivity contribution >= 4 is 17.3 Å². The molecule has 0 saturated heterocycles. The van der Waals surface area contributed by atoms with E-state index in [1.54, 1.807) is 18.2 Å². The molecule has 86 valence electrons. The zero-order chi connectivity index (χ0) is 12.0. The molecule has 4 heteroatoms. The molecule has 1 aromatic carbocycles. The van der Waals surface area contributed by atoms with Crippen LogP contribution in [0, 0.1) is 11.3 Å². The fourth-order valence-electron chi connectivity index (χ4n) is 1.49. The van der Waals surface area contributed by atoms with Crippen molar-refractivity contribution in [2.75, 3.05) is 11.9 Å². The summed E-state index contributed by atoms with van der Waals surface area (Å²) in [6.45, 7) is 2.16. The van der Waals surface area contributed by atoms with Crippen LogP contribution in [0.1, 0.15) is 25.3 Å². The Morgan fingerprint density at radius 2 is 2.31 bits per heavy atom. The Hall–Kier alpha value is -1.24. The van der Waals surface area contributed by atoms with E-state index in [1.807, 2.05) is 6.92 Å². The fourth-order valence-corrected chi connectivity index (χ4v) is 1.66. The van der Waals surface area contributed by atoms with E-state index >= 15 is 0 Å². The molecule has 0 radical (unpaired) electrons. The number of anilines is 1. The first-order valence-electron chi connectivity index (χ1n) is 5.28. The van der Waals surface area contributed by atoms with Gasteiger partial charge in [0.25, 0.3) is 0 Å². The number of aliphatic hydroxyl groups excluding tert-OH is 1. The lowest BCUT2D eigenvalue weighted by atomic mass is 10.1. The van der Waals surface area contributed by atoms with Crippen molar-refractivity contribution in [3.8, 4) is 6.07 Å². The molecule has 0 amide bonds. The van der Waals surface area contributed by atoms with Gasteiger partial charge in [-0.05, 0) is 31.0 Å². The molecule has 0 saturated carbocycles. The molecule has 0 spiro atoms. The lowest BCUT2D eigenvalue weighted by Crippen LogP contribution is -2.20. The number of aliphatic hydroxyl groups is 1. The molecule has 0 bridgehead atoms. The van der Waals surface area contributed by atoms with E-state index in [1.165, 1.54) is 0 Å². The van der Waals surface area contributed by atoms with Crippen LogP contribution in [0.3, 0.4) is 0 Å². The summed E-state index contributed by atoms with van der Waals surface area (Å²) in [4.78, 5) is 0. The minimum Gasteiger partial charge on any atom is -0.396 e. The predicted molar refractivity (Wildman–Crippen MR) is 65.6 cm³/mol. The number of rotatable bonds is 5. The van der Waals surface area contributed by atoms with Gasteiger partial charge in [0.2, 0.25) is 0 Å². The highest BCUT2D eigenvalue weighted by atomic mass is 35.5. The van der Waals surface area contributed by atoms with Crippen LogP contribution in [-0.2, 0) is 0 Å². The number of nitriles is 1. The van der Waals surface area contributed by atoms with E-state index in [2.05, 4.69) is 11.4 Å². The molecule has 0 aliphatic heterocycles. The van der Waals surface area contributed by atoms with Gasteiger partial charge in [-0.25, -0.2) is 0 Å². The number of hydrogen-bond acceptors (Lipinski definition) is 3. The molecule has 1 unspecified atom stereocenters. The average molecular weight is 239 g/mol. The van der Waals surface area contributed by atoms with Crippen molar-refractivity contribution in [3.05, 3.63) is 28.8 Å². The third-order valence-corrected chi connectivity index (χ3v) is 2.67.